The minimum atomic E-state index is 0.856. The minimum Gasteiger partial charge on any atom is -0.298 e. The molecule has 19 heavy (non-hydrogen) atoms. The number of hydrogen-bond acceptors (Lipinski definition) is 1. The lowest BCUT2D eigenvalue weighted by Gasteiger charge is -2.03. The van der Waals surface area contributed by atoms with Gasteiger partial charge in [0, 0.05) is 5.56 Å². The summed E-state index contributed by atoms with van der Waals surface area (Å²) in [5, 5.41) is 0. The van der Waals surface area contributed by atoms with Gasteiger partial charge in [-0.1, -0.05) is 60.5 Å². The number of aldehydes is 1. The standard InChI is InChI=1S/C10H12O.C8H10/c1-3-9-6-4-5-8(2)10(9)7-11;1-7-3-5-8(2)6-4-7/h4-7H,3H2,1-2H3;3-6H,1-2H3. The monoisotopic (exact) mass is 254 g/mol. The Morgan fingerprint density at radius 1 is 0.895 bits per heavy atom. The molecule has 0 radical (unpaired) electrons. The van der Waals surface area contributed by atoms with Crippen LogP contribution < -0.4 is 0 Å². The van der Waals surface area contributed by atoms with Gasteiger partial charge in [-0.15, -0.1) is 0 Å². The highest BCUT2D eigenvalue weighted by Gasteiger charge is 2.00. The zero-order valence-electron chi connectivity index (χ0n) is 12.2. The molecule has 0 unspecified atom stereocenters. The summed E-state index contributed by atoms with van der Waals surface area (Å²) in [5.74, 6) is 0. The molecule has 0 aliphatic rings. The van der Waals surface area contributed by atoms with E-state index in [2.05, 4.69) is 45.0 Å². The highest BCUT2D eigenvalue weighted by Crippen LogP contribution is 2.11. The second kappa shape index (κ2) is 7.52. The maximum atomic E-state index is 10.6. The molecule has 0 saturated carbocycles. The van der Waals surface area contributed by atoms with Crippen molar-refractivity contribution in [2.75, 3.05) is 0 Å². The maximum absolute atomic E-state index is 10.6. The predicted octanol–water partition coefficient (Wildman–Crippen LogP) is 4.67. The fraction of sp³-hybridized carbons (Fsp3) is 0.278. The van der Waals surface area contributed by atoms with Gasteiger partial charge < -0.3 is 0 Å². The summed E-state index contributed by atoms with van der Waals surface area (Å²) in [4.78, 5) is 10.6. The third-order valence-corrected chi connectivity index (χ3v) is 3.13. The highest BCUT2D eigenvalue weighted by molar-refractivity contribution is 5.79. The lowest BCUT2D eigenvalue weighted by atomic mass is 10.0. The molecule has 100 valence electrons. The van der Waals surface area contributed by atoms with Crippen molar-refractivity contribution in [2.24, 2.45) is 0 Å². The number of carbonyl (C=O) groups excluding carboxylic acids is 1. The van der Waals surface area contributed by atoms with Gasteiger partial charge in [-0.25, -0.2) is 0 Å². The number of hydrogen-bond donors (Lipinski definition) is 0. The molecular weight excluding hydrogens is 232 g/mol. The van der Waals surface area contributed by atoms with Crippen molar-refractivity contribution < 1.29 is 4.79 Å². The topological polar surface area (TPSA) is 17.1 Å². The van der Waals surface area contributed by atoms with Crippen LogP contribution in [0.2, 0.25) is 0 Å². The SMILES string of the molecule is CCc1cccc(C)c1C=O.Cc1ccc(C)cc1. The van der Waals surface area contributed by atoms with Gasteiger partial charge in [-0.3, -0.25) is 4.79 Å². The fourth-order valence-corrected chi connectivity index (χ4v) is 1.86. The summed E-state index contributed by atoms with van der Waals surface area (Å²) in [6.45, 7) is 8.21. The first-order valence-corrected chi connectivity index (χ1v) is 6.65. The van der Waals surface area contributed by atoms with Crippen LogP contribution in [0.5, 0.6) is 0 Å². The second-order valence-corrected chi connectivity index (χ2v) is 4.77. The van der Waals surface area contributed by atoms with Gasteiger partial charge in [0.15, 0.2) is 6.29 Å². The smallest absolute Gasteiger partial charge is 0.150 e. The molecule has 0 amide bonds. The molecule has 1 nitrogen and oxygen atoms in total. The summed E-state index contributed by atoms with van der Waals surface area (Å²) in [5.41, 5.74) is 5.72. The first-order valence-electron chi connectivity index (χ1n) is 6.65. The van der Waals surface area contributed by atoms with Crippen molar-refractivity contribution in [2.45, 2.75) is 34.1 Å². The van der Waals surface area contributed by atoms with Crippen molar-refractivity contribution >= 4 is 6.29 Å². The van der Waals surface area contributed by atoms with Crippen LogP contribution in [0.3, 0.4) is 0 Å². The highest BCUT2D eigenvalue weighted by atomic mass is 16.1. The van der Waals surface area contributed by atoms with Gasteiger partial charge in [0.1, 0.15) is 0 Å². The van der Waals surface area contributed by atoms with Gasteiger partial charge >= 0.3 is 0 Å². The van der Waals surface area contributed by atoms with Gasteiger partial charge in [0.05, 0.1) is 0 Å². The van der Waals surface area contributed by atoms with Gasteiger partial charge in [-0.05, 0) is 38.3 Å². The average molecular weight is 254 g/mol. The molecule has 2 aromatic rings. The van der Waals surface area contributed by atoms with Crippen LogP contribution in [0.25, 0.3) is 0 Å². The molecule has 2 rings (SSSR count). The first-order chi connectivity index (χ1) is 9.08. The molecule has 0 atom stereocenters. The van der Waals surface area contributed by atoms with Crippen LogP contribution in [0.15, 0.2) is 42.5 Å². The van der Waals surface area contributed by atoms with Crippen LogP contribution in [-0.4, -0.2) is 6.29 Å². The molecule has 0 spiro atoms. The Bertz CT molecular complexity index is 503. The second-order valence-electron chi connectivity index (χ2n) is 4.77. The number of benzene rings is 2. The third-order valence-electron chi connectivity index (χ3n) is 3.13. The van der Waals surface area contributed by atoms with E-state index in [1.54, 1.807) is 0 Å². The van der Waals surface area contributed by atoms with Crippen LogP contribution in [0.4, 0.5) is 0 Å². The van der Waals surface area contributed by atoms with Crippen LogP contribution in [0, 0.1) is 20.8 Å². The summed E-state index contributed by atoms with van der Waals surface area (Å²) in [6, 6.07) is 14.4. The van der Waals surface area contributed by atoms with E-state index in [0.717, 1.165) is 29.4 Å². The summed E-state index contributed by atoms with van der Waals surface area (Å²) in [7, 11) is 0. The lowest BCUT2D eigenvalue weighted by molar-refractivity contribution is 0.112. The predicted molar refractivity (Wildman–Crippen MR) is 81.9 cm³/mol. The van der Waals surface area contributed by atoms with Gasteiger partial charge in [0.2, 0.25) is 0 Å². The van der Waals surface area contributed by atoms with E-state index in [0.29, 0.717) is 0 Å². The Hall–Kier alpha value is -1.89. The van der Waals surface area contributed by atoms with Crippen molar-refractivity contribution in [1.82, 2.24) is 0 Å². The summed E-state index contributed by atoms with van der Waals surface area (Å²) in [6.07, 6.45) is 1.86. The Labute approximate surface area is 116 Å². The quantitative estimate of drug-likeness (QED) is 0.711. The van der Waals surface area contributed by atoms with Crippen LogP contribution >= 0.6 is 0 Å². The molecule has 1 heteroatoms. The fourth-order valence-electron chi connectivity index (χ4n) is 1.86. The minimum absolute atomic E-state index is 0.856. The molecule has 0 N–H and O–H groups in total. The summed E-state index contributed by atoms with van der Waals surface area (Å²) < 4.78 is 0. The van der Waals surface area contributed by atoms with Gasteiger partial charge in [-0.2, -0.15) is 0 Å². The van der Waals surface area contributed by atoms with E-state index >= 15 is 0 Å². The molecule has 0 aliphatic carbocycles. The normalized spacial score (nSPS) is 9.47. The molecule has 0 bridgehead atoms. The molecule has 0 aromatic heterocycles. The van der Waals surface area contributed by atoms with Crippen molar-refractivity contribution in [3.63, 3.8) is 0 Å². The van der Waals surface area contributed by atoms with Crippen LogP contribution in [0.1, 0.15) is 39.5 Å². The van der Waals surface area contributed by atoms with E-state index < -0.39 is 0 Å². The number of rotatable bonds is 2. The Kier molecular flexibility index (Phi) is 6.01. The van der Waals surface area contributed by atoms with E-state index in [9.17, 15) is 4.79 Å². The summed E-state index contributed by atoms with van der Waals surface area (Å²) >= 11 is 0. The Morgan fingerprint density at radius 3 is 1.79 bits per heavy atom. The van der Waals surface area contributed by atoms with Crippen molar-refractivity contribution in [3.8, 4) is 0 Å². The van der Waals surface area contributed by atoms with Crippen molar-refractivity contribution in [1.29, 1.82) is 0 Å². The first kappa shape index (κ1) is 15.2. The largest absolute Gasteiger partial charge is 0.298 e. The molecule has 0 aliphatic heterocycles. The number of carbonyl (C=O) groups is 1. The zero-order valence-corrected chi connectivity index (χ0v) is 12.2. The van der Waals surface area contributed by atoms with E-state index in [1.165, 1.54) is 11.1 Å². The Balaban J connectivity index is 0.000000200. The van der Waals surface area contributed by atoms with E-state index in [-0.39, 0.29) is 0 Å². The third kappa shape index (κ3) is 4.70. The molecule has 0 fully saturated rings. The van der Waals surface area contributed by atoms with Gasteiger partial charge in [0.25, 0.3) is 0 Å². The van der Waals surface area contributed by atoms with E-state index in [4.69, 9.17) is 0 Å². The lowest BCUT2D eigenvalue weighted by Crippen LogP contribution is -1.93. The molecule has 2 aromatic carbocycles. The average Bonchev–Trinajstić information content (AvgIpc) is 2.42. The van der Waals surface area contributed by atoms with Crippen molar-refractivity contribution in [3.05, 3.63) is 70.3 Å². The molecule has 0 saturated heterocycles. The zero-order chi connectivity index (χ0) is 14.3. The Morgan fingerprint density at radius 2 is 1.42 bits per heavy atom. The van der Waals surface area contributed by atoms with E-state index in [1.807, 2.05) is 25.1 Å². The maximum Gasteiger partial charge on any atom is 0.150 e. The number of aryl methyl sites for hydroxylation is 4. The molecule has 0 heterocycles. The molecular formula is C18H22O. The van der Waals surface area contributed by atoms with Crippen LogP contribution in [-0.2, 0) is 6.42 Å².